The van der Waals surface area contributed by atoms with Gasteiger partial charge in [0.25, 0.3) is 0 Å². The molecule has 3 aliphatic rings. The maximum absolute atomic E-state index is 3.58. The molecule has 0 fully saturated rings. The molecule has 8 aromatic carbocycles. The summed E-state index contributed by atoms with van der Waals surface area (Å²) < 4.78 is 0. The summed E-state index contributed by atoms with van der Waals surface area (Å²) in [5.74, 6) is 14.1. The van der Waals surface area contributed by atoms with E-state index in [-0.39, 0.29) is 16.2 Å². The zero-order valence-corrected chi connectivity index (χ0v) is 33.4. The molecule has 11 rings (SSSR count). The molecule has 0 saturated heterocycles. The Bertz CT molecular complexity index is 2970. The van der Waals surface area contributed by atoms with Crippen molar-refractivity contribution in [2.45, 2.75) is 57.8 Å². The van der Waals surface area contributed by atoms with Crippen molar-refractivity contribution in [3.63, 3.8) is 0 Å². The summed E-state index contributed by atoms with van der Waals surface area (Å²) in [6, 6.07) is 53.3. The van der Waals surface area contributed by atoms with Gasteiger partial charge in [-0.25, -0.2) is 0 Å². The molecule has 0 saturated carbocycles. The van der Waals surface area contributed by atoms with Crippen LogP contribution in [-0.2, 0) is 16.2 Å². The number of benzene rings is 8. The topological polar surface area (TPSA) is 0 Å². The van der Waals surface area contributed by atoms with E-state index in [9.17, 15) is 0 Å². The Kier molecular flexibility index (Phi) is 6.93. The highest BCUT2D eigenvalue weighted by molar-refractivity contribution is 6.08. The summed E-state index contributed by atoms with van der Waals surface area (Å²) in [6.07, 6.45) is 0. The predicted octanol–water partition coefficient (Wildman–Crippen LogP) is 13.7. The van der Waals surface area contributed by atoms with Gasteiger partial charge < -0.3 is 0 Å². The maximum atomic E-state index is 3.58. The summed E-state index contributed by atoms with van der Waals surface area (Å²) in [5, 5.41) is 4.99. The van der Waals surface area contributed by atoms with Crippen LogP contribution < -0.4 is 0 Å². The van der Waals surface area contributed by atoms with Crippen LogP contribution in [0.25, 0.3) is 54.9 Å². The summed E-state index contributed by atoms with van der Waals surface area (Å²) >= 11 is 0. The third-order valence-corrected chi connectivity index (χ3v) is 13.5. The van der Waals surface area contributed by atoms with Gasteiger partial charge in [-0.3, -0.25) is 0 Å². The zero-order valence-electron chi connectivity index (χ0n) is 33.4. The fourth-order valence-electron chi connectivity index (χ4n) is 10.4. The largest absolute Gasteiger partial charge is 0.0622 e. The highest BCUT2D eigenvalue weighted by Crippen LogP contribution is 2.60. The van der Waals surface area contributed by atoms with Gasteiger partial charge in [-0.1, -0.05) is 150 Å². The lowest BCUT2D eigenvalue weighted by Crippen LogP contribution is -2.17. The van der Waals surface area contributed by atoms with Gasteiger partial charge in [0.15, 0.2) is 0 Å². The third-order valence-electron chi connectivity index (χ3n) is 13.5. The fraction of sp³-hybridized carbons (Fsp3) is 0.158. The Hall–Kier alpha value is -6.60. The van der Waals surface area contributed by atoms with Crippen molar-refractivity contribution >= 4 is 21.5 Å². The van der Waals surface area contributed by atoms with Crippen molar-refractivity contribution in [3.05, 3.63) is 201 Å². The van der Waals surface area contributed by atoms with Crippen molar-refractivity contribution in [1.29, 1.82) is 0 Å². The Morgan fingerprint density at radius 2 is 0.614 bits per heavy atom. The average Bonchev–Trinajstić information content (AvgIpc) is 3.70. The third kappa shape index (κ3) is 4.72. The van der Waals surface area contributed by atoms with Crippen LogP contribution in [0.1, 0.15) is 97.2 Å². The van der Waals surface area contributed by atoms with E-state index in [2.05, 4.69) is 199 Å². The number of fused-ring (bicyclic) bond motifs is 13. The van der Waals surface area contributed by atoms with Gasteiger partial charge in [-0.2, -0.15) is 0 Å². The van der Waals surface area contributed by atoms with Crippen LogP contribution in [0.5, 0.6) is 0 Å². The minimum Gasteiger partial charge on any atom is -0.0622 e. The molecule has 0 aliphatic heterocycles. The van der Waals surface area contributed by atoms with Gasteiger partial charge >= 0.3 is 0 Å². The zero-order chi connectivity index (χ0) is 38.8. The highest BCUT2D eigenvalue weighted by atomic mass is 14.5. The molecular weight excluding hydrogens is 685 g/mol. The SMILES string of the molecule is CC1(C)c2cc3c(cc2-c2cc4c(cc21)-c1c(cc(C#Cc2ccccc2)c2ccccc12)C4(C)C)C(C)(C)c1cc(C#Cc2ccccc2)c2ccccc2c1-3. The second-order valence-corrected chi connectivity index (χ2v) is 17.8. The number of hydrogen-bond donors (Lipinski definition) is 0. The smallest absolute Gasteiger partial charge is 0.0331 e. The molecule has 0 heteroatoms. The maximum Gasteiger partial charge on any atom is 0.0331 e. The molecular formula is C57H42. The predicted molar refractivity (Wildman–Crippen MR) is 239 cm³/mol. The van der Waals surface area contributed by atoms with Crippen LogP contribution in [-0.4, -0.2) is 0 Å². The lowest BCUT2D eigenvalue weighted by atomic mass is 9.78. The van der Waals surface area contributed by atoms with E-state index in [1.165, 1.54) is 88.3 Å². The van der Waals surface area contributed by atoms with E-state index >= 15 is 0 Å². The van der Waals surface area contributed by atoms with Crippen LogP contribution in [0.3, 0.4) is 0 Å². The van der Waals surface area contributed by atoms with Crippen LogP contribution >= 0.6 is 0 Å². The summed E-state index contributed by atoms with van der Waals surface area (Å²) in [7, 11) is 0. The van der Waals surface area contributed by atoms with Gasteiger partial charge in [-0.15, -0.1) is 0 Å². The first-order valence-corrected chi connectivity index (χ1v) is 20.2. The molecule has 57 heavy (non-hydrogen) atoms. The first-order valence-electron chi connectivity index (χ1n) is 20.2. The molecule has 0 bridgehead atoms. The molecule has 3 aliphatic carbocycles. The first-order chi connectivity index (χ1) is 27.5. The van der Waals surface area contributed by atoms with Gasteiger partial charge in [-0.05, 0) is 149 Å². The van der Waals surface area contributed by atoms with Crippen LogP contribution in [0.15, 0.2) is 146 Å². The minimum absolute atomic E-state index is 0.178. The molecule has 0 spiro atoms. The molecule has 0 unspecified atom stereocenters. The first kappa shape index (κ1) is 33.7. The van der Waals surface area contributed by atoms with Crippen molar-refractivity contribution in [3.8, 4) is 57.1 Å². The van der Waals surface area contributed by atoms with Gasteiger partial charge in [0, 0.05) is 38.5 Å². The Morgan fingerprint density at radius 3 is 1.02 bits per heavy atom. The Balaban J connectivity index is 1.09. The molecule has 270 valence electrons. The van der Waals surface area contributed by atoms with Crippen molar-refractivity contribution in [2.24, 2.45) is 0 Å². The molecule has 0 amide bonds. The Morgan fingerprint density at radius 1 is 0.298 bits per heavy atom. The second-order valence-electron chi connectivity index (χ2n) is 17.8. The van der Waals surface area contributed by atoms with E-state index in [4.69, 9.17) is 0 Å². The van der Waals surface area contributed by atoms with E-state index in [1.54, 1.807) is 0 Å². The van der Waals surface area contributed by atoms with Crippen molar-refractivity contribution < 1.29 is 0 Å². The minimum atomic E-state index is -0.192. The number of rotatable bonds is 0. The highest BCUT2D eigenvalue weighted by Gasteiger charge is 2.45. The quantitative estimate of drug-likeness (QED) is 0.137. The molecule has 8 aromatic rings. The molecule has 0 heterocycles. The lowest BCUT2D eigenvalue weighted by molar-refractivity contribution is 0.649. The molecule has 0 radical (unpaired) electrons. The monoisotopic (exact) mass is 726 g/mol. The lowest BCUT2D eigenvalue weighted by Gasteiger charge is -2.24. The van der Waals surface area contributed by atoms with Crippen LogP contribution in [0.2, 0.25) is 0 Å². The summed E-state index contributed by atoms with van der Waals surface area (Å²) in [5.41, 5.74) is 20.2. The van der Waals surface area contributed by atoms with E-state index < -0.39 is 0 Å². The molecule has 0 nitrogen and oxygen atoms in total. The molecule has 0 aromatic heterocycles. The van der Waals surface area contributed by atoms with Gasteiger partial charge in [0.05, 0.1) is 0 Å². The average molecular weight is 727 g/mol. The summed E-state index contributed by atoms with van der Waals surface area (Å²) in [4.78, 5) is 0. The molecule has 0 N–H and O–H groups in total. The van der Waals surface area contributed by atoms with E-state index in [0.29, 0.717) is 0 Å². The van der Waals surface area contributed by atoms with Crippen molar-refractivity contribution in [2.75, 3.05) is 0 Å². The second kappa shape index (κ2) is 11.7. The van der Waals surface area contributed by atoms with E-state index in [1.807, 2.05) is 12.1 Å². The van der Waals surface area contributed by atoms with Gasteiger partial charge in [0.1, 0.15) is 0 Å². The standard InChI is InChI=1S/C57H42/c1-55(2)47-33-45-49(56(3,4)51-29-37(27-25-35-17-9-7-10-18-35)39-21-13-15-23-41(39)53(45)51)31-43(47)44-32-50-46(34-48(44)55)54-42-24-16-14-22-40(42)38(30-52(54)57(50,5)6)28-26-36-19-11-8-12-20-36/h7-24,29-34H,1-6H3. The van der Waals surface area contributed by atoms with Crippen molar-refractivity contribution in [1.82, 2.24) is 0 Å². The summed E-state index contributed by atoms with van der Waals surface area (Å²) in [6.45, 7) is 14.5. The molecule has 0 atom stereocenters. The number of hydrogen-bond acceptors (Lipinski definition) is 0. The fourth-order valence-corrected chi connectivity index (χ4v) is 10.4. The van der Waals surface area contributed by atoms with Crippen LogP contribution in [0, 0.1) is 23.7 Å². The Labute approximate surface area is 336 Å². The van der Waals surface area contributed by atoms with E-state index in [0.717, 1.165) is 22.3 Å². The van der Waals surface area contributed by atoms with Gasteiger partial charge in [0.2, 0.25) is 0 Å². The van der Waals surface area contributed by atoms with Crippen LogP contribution in [0.4, 0.5) is 0 Å². The normalized spacial score (nSPS) is 15.3.